The Kier molecular flexibility index (Phi) is 4.57. The van der Waals surface area contributed by atoms with Gasteiger partial charge in [0.05, 0.1) is 0 Å². The van der Waals surface area contributed by atoms with Gasteiger partial charge in [0.15, 0.2) is 0 Å². The molecule has 0 heteroatoms. The van der Waals surface area contributed by atoms with Gasteiger partial charge in [-0.15, -0.1) is 0 Å². The SMILES string of the molecule is CC1C(C)C(CC2C(C)C(C)C3CCCCC32)C2CCCCC12. The molecule has 23 heavy (non-hydrogen) atoms. The van der Waals surface area contributed by atoms with Gasteiger partial charge in [-0.25, -0.2) is 0 Å². The third-order valence-corrected chi connectivity index (χ3v) is 9.75. The average molecular weight is 317 g/mol. The maximum atomic E-state index is 2.62. The molecule has 132 valence electrons. The molecular formula is C23H40. The minimum Gasteiger partial charge on any atom is -0.0620 e. The minimum atomic E-state index is 0.994. The van der Waals surface area contributed by atoms with E-state index in [0.717, 1.165) is 59.2 Å². The van der Waals surface area contributed by atoms with Crippen LogP contribution in [0.25, 0.3) is 0 Å². The lowest BCUT2D eigenvalue weighted by Gasteiger charge is -2.36. The van der Waals surface area contributed by atoms with E-state index in [-0.39, 0.29) is 0 Å². The molecule has 10 unspecified atom stereocenters. The van der Waals surface area contributed by atoms with Crippen molar-refractivity contribution < 1.29 is 0 Å². The second-order valence-corrected chi connectivity index (χ2v) is 10.2. The van der Waals surface area contributed by atoms with Crippen LogP contribution >= 0.6 is 0 Å². The van der Waals surface area contributed by atoms with E-state index in [9.17, 15) is 0 Å². The molecule has 4 aliphatic rings. The highest BCUT2D eigenvalue weighted by Crippen LogP contribution is 2.59. The fourth-order valence-corrected chi connectivity index (χ4v) is 8.18. The van der Waals surface area contributed by atoms with Crippen LogP contribution in [0.5, 0.6) is 0 Å². The molecule has 10 atom stereocenters. The van der Waals surface area contributed by atoms with E-state index in [1.54, 1.807) is 32.1 Å². The molecule has 0 radical (unpaired) electrons. The van der Waals surface area contributed by atoms with E-state index < -0.39 is 0 Å². The summed E-state index contributed by atoms with van der Waals surface area (Å²) in [5.41, 5.74) is 0. The van der Waals surface area contributed by atoms with Crippen molar-refractivity contribution in [2.45, 2.75) is 85.5 Å². The Bertz CT molecular complexity index is 374. The first kappa shape index (κ1) is 16.5. The molecule has 4 fully saturated rings. The van der Waals surface area contributed by atoms with Crippen molar-refractivity contribution in [3.05, 3.63) is 0 Å². The van der Waals surface area contributed by atoms with Gasteiger partial charge in [0.2, 0.25) is 0 Å². The Morgan fingerprint density at radius 1 is 0.478 bits per heavy atom. The largest absolute Gasteiger partial charge is 0.0620 e. The van der Waals surface area contributed by atoms with Crippen LogP contribution in [0.4, 0.5) is 0 Å². The molecule has 0 nitrogen and oxygen atoms in total. The van der Waals surface area contributed by atoms with Crippen LogP contribution in [-0.4, -0.2) is 0 Å². The molecule has 0 aromatic heterocycles. The minimum absolute atomic E-state index is 0.994. The van der Waals surface area contributed by atoms with Gasteiger partial charge in [-0.05, 0) is 91.3 Å². The van der Waals surface area contributed by atoms with Gasteiger partial charge in [0.1, 0.15) is 0 Å². The molecule has 0 aromatic carbocycles. The molecule has 0 heterocycles. The van der Waals surface area contributed by atoms with Crippen LogP contribution in [0, 0.1) is 59.2 Å². The third kappa shape index (κ3) is 2.62. The zero-order valence-electron chi connectivity index (χ0n) is 16.1. The van der Waals surface area contributed by atoms with E-state index in [1.807, 2.05) is 0 Å². The summed E-state index contributed by atoms with van der Waals surface area (Å²) >= 11 is 0. The summed E-state index contributed by atoms with van der Waals surface area (Å²) in [4.78, 5) is 0. The summed E-state index contributed by atoms with van der Waals surface area (Å²) in [5.74, 6) is 10.5. The van der Waals surface area contributed by atoms with Crippen molar-refractivity contribution >= 4 is 0 Å². The summed E-state index contributed by atoms with van der Waals surface area (Å²) in [6.07, 6.45) is 13.9. The Morgan fingerprint density at radius 3 is 1.22 bits per heavy atom. The molecular weight excluding hydrogens is 276 g/mol. The van der Waals surface area contributed by atoms with Gasteiger partial charge < -0.3 is 0 Å². The molecule has 0 aliphatic heterocycles. The molecule has 0 bridgehead atoms. The molecule has 0 aromatic rings. The summed E-state index contributed by atoms with van der Waals surface area (Å²) in [5, 5.41) is 0. The zero-order chi connectivity index (χ0) is 16.1. The lowest BCUT2D eigenvalue weighted by atomic mass is 9.70. The molecule has 0 saturated heterocycles. The van der Waals surface area contributed by atoms with Crippen LogP contribution in [0.1, 0.15) is 85.5 Å². The Hall–Kier alpha value is 0. The highest BCUT2D eigenvalue weighted by atomic mass is 14.6. The standard InChI is InChI=1S/C23H40/c1-14-16(3)22(20-11-7-5-9-18(14)20)13-23-17(4)15(2)19-10-6-8-12-21(19)23/h14-23H,5-13H2,1-4H3. The molecule has 4 rings (SSSR count). The van der Waals surface area contributed by atoms with Crippen molar-refractivity contribution in [3.63, 3.8) is 0 Å². The van der Waals surface area contributed by atoms with Gasteiger partial charge in [0, 0.05) is 0 Å². The van der Waals surface area contributed by atoms with Crippen molar-refractivity contribution in [3.8, 4) is 0 Å². The predicted octanol–water partition coefficient (Wildman–Crippen LogP) is 6.79. The summed E-state index contributed by atoms with van der Waals surface area (Å²) in [6, 6.07) is 0. The van der Waals surface area contributed by atoms with Crippen LogP contribution in [0.3, 0.4) is 0 Å². The molecule has 4 saturated carbocycles. The molecule has 0 amide bonds. The fraction of sp³-hybridized carbons (Fsp3) is 1.00. The topological polar surface area (TPSA) is 0 Å². The lowest BCUT2D eigenvalue weighted by molar-refractivity contribution is 0.140. The highest BCUT2D eigenvalue weighted by Gasteiger charge is 2.51. The second-order valence-electron chi connectivity index (χ2n) is 10.2. The van der Waals surface area contributed by atoms with Crippen molar-refractivity contribution in [2.24, 2.45) is 59.2 Å². The van der Waals surface area contributed by atoms with Gasteiger partial charge in [0.25, 0.3) is 0 Å². The Balaban J connectivity index is 1.52. The zero-order valence-corrected chi connectivity index (χ0v) is 16.1. The maximum Gasteiger partial charge on any atom is -0.0352 e. The van der Waals surface area contributed by atoms with Gasteiger partial charge in [-0.1, -0.05) is 53.4 Å². The molecule has 0 N–H and O–H groups in total. The highest BCUT2D eigenvalue weighted by molar-refractivity contribution is 5.00. The van der Waals surface area contributed by atoms with Gasteiger partial charge in [-0.2, -0.15) is 0 Å². The molecule has 0 spiro atoms. The van der Waals surface area contributed by atoms with Crippen molar-refractivity contribution in [1.82, 2.24) is 0 Å². The van der Waals surface area contributed by atoms with E-state index in [0.29, 0.717) is 0 Å². The van der Waals surface area contributed by atoms with Crippen molar-refractivity contribution in [2.75, 3.05) is 0 Å². The number of fused-ring (bicyclic) bond motifs is 2. The third-order valence-electron chi connectivity index (χ3n) is 9.75. The first-order chi connectivity index (χ1) is 11.1. The number of rotatable bonds is 2. The van der Waals surface area contributed by atoms with E-state index in [4.69, 9.17) is 0 Å². The first-order valence-corrected chi connectivity index (χ1v) is 11.1. The predicted molar refractivity (Wildman–Crippen MR) is 99.1 cm³/mol. The lowest BCUT2D eigenvalue weighted by Crippen LogP contribution is -2.27. The van der Waals surface area contributed by atoms with Crippen molar-refractivity contribution in [1.29, 1.82) is 0 Å². The first-order valence-electron chi connectivity index (χ1n) is 11.1. The summed E-state index contributed by atoms with van der Waals surface area (Å²) in [6.45, 7) is 10.4. The van der Waals surface area contributed by atoms with Gasteiger partial charge in [-0.3, -0.25) is 0 Å². The monoisotopic (exact) mass is 316 g/mol. The van der Waals surface area contributed by atoms with Crippen LogP contribution < -0.4 is 0 Å². The maximum absolute atomic E-state index is 2.62. The summed E-state index contributed by atoms with van der Waals surface area (Å²) in [7, 11) is 0. The van der Waals surface area contributed by atoms with Crippen LogP contribution in [0.15, 0.2) is 0 Å². The Labute approximate surface area is 145 Å². The Morgan fingerprint density at radius 2 is 0.826 bits per heavy atom. The van der Waals surface area contributed by atoms with E-state index in [1.165, 1.54) is 25.7 Å². The number of hydrogen-bond acceptors (Lipinski definition) is 0. The van der Waals surface area contributed by atoms with Crippen LogP contribution in [0.2, 0.25) is 0 Å². The van der Waals surface area contributed by atoms with Gasteiger partial charge >= 0.3 is 0 Å². The van der Waals surface area contributed by atoms with Crippen LogP contribution in [-0.2, 0) is 0 Å². The molecule has 4 aliphatic carbocycles. The fourth-order valence-electron chi connectivity index (χ4n) is 8.18. The smallest absolute Gasteiger partial charge is 0.0352 e. The van der Waals surface area contributed by atoms with E-state index >= 15 is 0 Å². The second kappa shape index (κ2) is 6.38. The average Bonchev–Trinajstić information content (AvgIpc) is 2.97. The normalized spacial score (nSPS) is 56.3. The summed E-state index contributed by atoms with van der Waals surface area (Å²) < 4.78 is 0. The quantitative estimate of drug-likeness (QED) is 0.526. The number of hydrogen-bond donors (Lipinski definition) is 0. The van der Waals surface area contributed by atoms with E-state index in [2.05, 4.69) is 27.7 Å².